The molecule has 1 amide bonds. The van der Waals surface area contributed by atoms with E-state index in [-0.39, 0.29) is 24.7 Å². The average Bonchev–Trinajstić information content (AvgIpc) is 2.91. The molecule has 6 heteroatoms. The molecule has 18 heavy (non-hydrogen) atoms. The molecule has 2 saturated heterocycles. The number of methoxy groups -OCH3 is 1. The van der Waals surface area contributed by atoms with Gasteiger partial charge >= 0.3 is 5.97 Å². The third kappa shape index (κ3) is 2.53. The molecule has 0 aromatic rings. The molecule has 0 aliphatic carbocycles. The number of nitrogens with zero attached hydrogens (tertiary/aromatic N) is 1. The van der Waals surface area contributed by atoms with E-state index < -0.39 is 18.0 Å². The summed E-state index contributed by atoms with van der Waals surface area (Å²) in [5.74, 6) is -1.67. The predicted octanol–water partition coefficient (Wildman–Crippen LogP) is -0.244. The van der Waals surface area contributed by atoms with Crippen molar-refractivity contribution in [1.82, 2.24) is 4.90 Å². The van der Waals surface area contributed by atoms with Gasteiger partial charge in [0.2, 0.25) is 0 Å². The number of Topliss-reactive ketones (excluding diaryl/α,β-unsaturated/α-hetero) is 1. The monoisotopic (exact) mass is 255 g/mol. The van der Waals surface area contributed by atoms with Gasteiger partial charge in [-0.3, -0.25) is 14.4 Å². The molecular formula is C12H17NO5. The second-order valence-electron chi connectivity index (χ2n) is 4.58. The van der Waals surface area contributed by atoms with Crippen molar-refractivity contribution in [2.24, 2.45) is 5.92 Å². The van der Waals surface area contributed by atoms with Crippen LogP contribution in [0.15, 0.2) is 0 Å². The Morgan fingerprint density at radius 1 is 1.44 bits per heavy atom. The van der Waals surface area contributed by atoms with Gasteiger partial charge in [0.15, 0.2) is 5.78 Å². The number of piperidine rings is 1. The molecule has 0 spiro atoms. The molecular weight excluding hydrogens is 238 g/mol. The summed E-state index contributed by atoms with van der Waals surface area (Å²) in [6, 6.07) is 0. The van der Waals surface area contributed by atoms with E-state index in [9.17, 15) is 14.4 Å². The van der Waals surface area contributed by atoms with E-state index in [1.807, 2.05) is 0 Å². The van der Waals surface area contributed by atoms with Crippen LogP contribution < -0.4 is 0 Å². The van der Waals surface area contributed by atoms with Crippen molar-refractivity contribution in [1.29, 1.82) is 0 Å². The van der Waals surface area contributed by atoms with Crippen LogP contribution in [0, 0.1) is 5.92 Å². The first-order valence-electron chi connectivity index (χ1n) is 6.14. The summed E-state index contributed by atoms with van der Waals surface area (Å²) in [6.45, 7) is 1.08. The average molecular weight is 255 g/mol. The highest BCUT2D eigenvalue weighted by atomic mass is 16.5. The van der Waals surface area contributed by atoms with E-state index in [1.165, 1.54) is 7.11 Å². The summed E-state index contributed by atoms with van der Waals surface area (Å²) in [6.07, 6.45) is 1.39. The van der Waals surface area contributed by atoms with Gasteiger partial charge in [-0.1, -0.05) is 0 Å². The maximum Gasteiger partial charge on any atom is 0.318 e. The second-order valence-corrected chi connectivity index (χ2v) is 4.58. The van der Waals surface area contributed by atoms with Crippen LogP contribution in [0.4, 0.5) is 0 Å². The van der Waals surface area contributed by atoms with Crippen LogP contribution in [0.5, 0.6) is 0 Å². The molecule has 0 aromatic heterocycles. The SMILES string of the molecule is COC(=O)C1CN(C(=O)C2CCCO2)CCC1=O. The maximum absolute atomic E-state index is 12.1. The second kappa shape index (κ2) is 5.48. The van der Waals surface area contributed by atoms with Crippen LogP contribution in [0.3, 0.4) is 0 Å². The molecule has 2 aliphatic heterocycles. The van der Waals surface area contributed by atoms with Crippen LogP contribution in [0.2, 0.25) is 0 Å². The number of esters is 1. The summed E-state index contributed by atoms with van der Waals surface area (Å²) in [5, 5.41) is 0. The number of amides is 1. The summed E-state index contributed by atoms with van der Waals surface area (Å²) < 4.78 is 9.91. The van der Waals surface area contributed by atoms with E-state index in [1.54, 1.807) is 4.90 Å². The molecule has 2 fully saturated rings. The molecule has 6 nitrogen and oxygen atoms in total. The van der Waals surface area contributed by atoms with Crippen molar-refractivity contribution >= 4 is 17.7 Å². The molecule has 0 bridgehead atoms. The fourth-order valence-corrected chi connectivity index (χ4v) is 2.36. The molecule has 2 atom stereocenters. The zero-order chi connectivity index (χ0) is 13.1. The van der Waals surface area contributed by atoms with E-state index in [2.05, 4.69) is 4.74 Å². The summed E-state index contributed by atoms with van der Waals surface area (Å²) >= 11 is 0. The first-order valence-corrected chi connectivity index (χ1v) is 6.14. The van der Waals surface area contributed by atoms with Gasteiger partial charge in [0, 0.05) is 26.1 Å². The molecule has 100 valence electrons. The van der Waals surface area contributed by atoms with Gasteiger partial charge in [-0.25, -0.2) is 0 Å². The number of carbonyl (C=O) groups excluding carboxylic acids is 3. The fraction of sp³-hybridized carbons (Fsp3) is 0.750. The van der Waals surface area contributed by atoms with Crippen molar-refractivity contribution in [3.05, 3.63) is 0 Å². The summed E-state index contributed by atoms with van der Waals surface area (Å²) in [5.41, 5.74) is 0. The van der Waals surface area contributed by atoms with Crippen molar-refractivity contribution in [3.8, 4) is 0 Å². The largest absolute Gasteiger partial charge is 0.468 e. The van der Waals surface area contributed by atoms with Gasteiger partial charge in [0.1, 0.15) is 12.0 Å². The number of hydrogen-bond acceptors (Lipinski definition) is 5. The number of ether oxygens (including phenoxy) is 2. The molecule has 0 saturated carbocycles. The Hall–Kier alpha value is -1.43. The van der Waals surface area contributed by atoms with E-state index in [0.29, 0.717) is 19.6 Å². The molecule has 2 unspecified atom stereocenters. The predicted molar refractivity (Wildman–Crippen MR) is 60.7 cm³/mol. The Bertz CT molecular complexity index is 353. The minimum Gasteiger partial charge on any atom is -0.468 e. The Morgan fingerprint density at radius 2 is 2.22 bits per heavy atom. The van der Waals surface area contributed by atoms with Gasteiger partial charge in [-0.15, -0.1) is 0 Å². The number of carbonyl (C=O) groups is 3. The third-order valence-electron chi connectivity index (χ3n) is 3.42. The van der Waals surface area contributed by atoms with Crippen LogP contribution in [-0.4, -0.2) is 55.5 Å². The zero-order valence-corrected chi connectivity index (χ0v) is 10.4. The molecule has 2 heterocycles. The molecule has 0 aromatic carbocycles. The Kier molecular flexibility index (Phi) is 3.96. The van der Waals surface area contributed by atoms with E-state index in [4.69, 9.17) is 4.74 Å². The maximum atomic E-state index is 12.1. The van der Waals surface area contributed by atoms with Crippen LogP contribution >= 0.6 is 0 Å². The van der Waals surface area contributed by atoms with Gasteiger partial charge in [-0.05, 0) is 12.8 Å². The highest BCUT2D eigenvalue weighted by Crippen LogP contribution is 2.20. The number of rotatable bonds is 2. The van der Waals surface area contributed by atoms with Crippen molar-refractivity contribution in [2.45, 2.75) is 25.4 Å². The molecule has 0 N–H and O–H groups in total. The lowest BCUT2D eigenvalue weighted by Gasteiger charge is -2.31. The zero-order valence-electron chi connectivity index (χ0n) is 10.4. The highest BCUT2D eigenvalue weighted by molar-refractivity contribution is 6.00. The molecule has 0 radical (unpaired) electrons. The van der Waals surface area contributed by atoms with Crippen LogP contribution in [-0.2, 0) is 23.9 Å². The van der Waals surface area contributed by atoms with Gasteiger partial charge in [0.25, 0.3) is 5.91 Å². The fourth-order valence-electron chi connectivity index (χ4n) is 2.36. The van der Waals surface area contributed by atoms with Gasteiger partial charge in [0.05, 0.1) is 7.11 Å². The Morgan fingerprint density at radius 3 is 2.83 bits per heavy atom. The van der Waals surface area contributed by atoms with Crippen LogP contribution in [0.1, 0.15) is 19.3 Å². The van der Waals surface area contributed by atoms with Gasteiger partial charge in [-0.2, -0.15) is 0 Å². The molecule has 2 aliphatic rings. The first-order chi connectivity index (χ1) is 8.63. The standard InChI is InChI=1S/C12H17NO5/c1-17-12(16)8-7-13(5-4-9(8)14)11(15)10-3-2-6-18-10/h8,10H,2-7H2,1H3. The van der Waals surface area contributed by atoms with E-state index in [0.717, 1.165) is 6.42 Å². The summed E-state index contributed by atoms with van der Waals surface area (Å²) in [4.78, 5) is 36.7. The van der Waals surface area contributed by atoms with Crippen molar-refractivity contribution in [3.63, 3.8) is 0 Å². The minimum absolute atomic E-state index is 0.115. The highest BCUT2D eigenvalue weighted by Gasteiger charge is 2.38. The number of hydrogen-bond donors (Lipinski definition) is 0. The lowest BCUT2D eigenvalue weighted by molar-refractivity contribution is -0.155. The minimum atomic E-state index is -0.839. The molecule has 2 rings (SSSR count). The van der Waals surface area contributed by atoms with Crippen molar-refractivity contribution < 1.29 is 23.9 Å². The Labute approximate surface area is 105 Å². The summed E-state index contributed by atoms with van der Waals surface area (Å²) in [7, 11) is 1.25. The van der Waals surface area contributed by atoms with Crippen LogP contribution in [0.25, 0.3) is 0 Å². The van der Waals surface area contributed by atoms with E-state index >= 15 is 0 Å². The topological polar surface area (TPSA) is 72.9 Å². The number of likely N-dealkylation sites (tertiary alicyclic amines) is 1. The van der Waals surface area contributed by atoms with Gasteiger partial charge < -0.3 is 14.4 Å². The normalized spacial score (nSPS) is 28.3. The lowest BCUT2D eigenvalue weighted by Crippen LogP contribution is -2.50. The quantitative estimate of drug-likeness (QED) is 0.503. The Balaban J connectivity index is 2.00. The lowest BCUT2D eigenvalue weighted by atomic mass is 9.96. The first kappa shape index (κ1) is 13.0. The third-order valence-corrected chi connectivity index (χ3v) is 3.42. The van der Waals surface area contributed by atoms with Crippen molar-refractivity contribution in [2.75, 3.05) is 26.8 Å². The smallest absolute Gasteiger partial charge is 0.318 e. The number of ketones is 1.